The predicted molar refractivity (Wildman–Crippen MR) is 125 cm³/mol. The number of benzene rings is 3. The van der Waals surface area contributed by atoms with Crippen molar-refractivity contribution in [1.29, 1.82) is 0 Å². The number of hydrogen-bond acceptors (Lipinski definition) is 5. The van der Waals surface area contributed by atoms with Gasteiger partial charge in [0.1, 0.15) is 23.3 Å². The summed E-state index contributed by atoms with van der Waals surface area (Å²) in [5, 5.41) is 2.87. The second-order valence-corrected chi connectivity index (χ2v) is 8.06. The summed E-state index contributed by atoms with van der Waals surface area (Å²) < 4.78 is 11.4. The Morgan fingerprint density at radius 1 is 0.853 bits per heavy atom. The lowest BCUT2D eigenvalue weighted by molar-refractivity contribution is -0.139. The van der Waals surface area contributed by atoms with Crippen LogP contribution in [0.5, 0.6) is 17.2 Å². The van der Waals surface area contributed by atoms with Crippen molar-refractivity contribution in [1.82, 2.24) is 10.2 Å². The lowest BCUT2D eigenvalue weighted by Crippen LogP contribution is -2.65. The van der Waals surface area contributed by atoms with E-state index in [0.29, 0.717) is 35.9 Å². The summed E-state index contributed by atoms with van der Waals surface area (Å²) >= 11 is 0. The van der Waals surface area contributed by atoms with Crippen LogP contribution in [0.1, 0.15) is 6.42 Å². The van der Waals surface area contributed by atoms with Gasteiger partial charge in [0.15, 0.2) is 6.61 Å². The molecule has 8 nitrogen and oxygen atoms in total. The number of amides is 4. The molecular formula is C26H23N3O5. The number of fused-ring (bicyclic) bond motifs is 1. The van der Waals surface area contributed by atoms with Crippen LogP contribution in [0, 0.1) is 0 Å². The molecule has 2 aliphatic rings. The van der Waals surface area contributed by atoms with E-state index in [1.165, 1.54) is 4.90 Å². The number of carbonyl (C=O) groups is 3. The van der Waals surface area contributed by atoms with Crippen molar-refractivity contribution in [3.8, 4) is 17.2 Å². The highest BCUT2D eigenvalue weighted by Crippen LogP contribution is 2.30. The Labute approximate surface area is 196 Å². The van der Waals surface area contributed by atoms with Gasteiger partial charge in [0.05, 0.1) is 11.7 Å². The zero-order valence-electron chi connectivity index (χ0n) is 18.3. The summed E-state index contributed by atoms with van der Waals surface area (Å²) in [6, 6.07) is 23.3. The Hall–Kier alpha value is -4.33. The Bertz CT molecular complexity index is 1180. The molecule has 0 unspecified atom stereocenters. The highest BCUT2D eigenvalue weighted by molar-refractivity contribution is 6.19. The molecule has 0 aliphatic carbocycles. The first kappa shape index (κ1) is 21.5. The van der Waals surface area contributed by atoms with E-state index in [4.69, 9.17) is 9.47 Å². The molecule has 3 aromatic rings. The van der Waals surface area contributed by atoms with Gasteiger partial charge in [0, 0.05) is 6.54 Å². The molecule has 0 radical (unpaired) electrons. The monoisotopic (exact) mass is 457 g/mol. The summed E-state index contributed by atoms with van der Waals surface area (Å²) in [6.07, 6.45) is 0.511. The molecule has 2 saturated heterocycles. The minimum Gasteiger partial charge on any atom is -0.484 e. The van der Waals surface area contributed by atoms with Gasteiger partial charge in [-0.2, -0.15) is 0 Å². The van der Waals surface area contributed by atoms with Crippen LogP contribution in [0.2, 0.25) is 0 Å². The van der Waals surface area contributed by atoms with Crippen molar-refractivity contribution >= 4 is 23.5 Å². The molecule has 0 spiro atoms. The van der Waals surface area contributed by atoms with Crippen molar-refractivity contribution in [3.05, 3.63) is 84.9 Å². The quantitative estimate of drug-likeness (QED) is 0.611. The second-order valence-electron chi connectivity index (χ2n) is 8.06. The van der Waals surface area contributed by atoms with Gasteiger partial charge in [-0.25, -0.2) is 9.69 Å². The SMILES string of the molecule is O=C1N[C@@H]2CCN(C(=O)COc3ccccc3)[C@@H]2C(=O)N1c1ccc(Oc2ccccc2)cc1. The highest BCUT2D eigenvalue weighted by Gasteiger charge is 2.49. The third-order valence-corrected chi connectivity index (χ3v) is 5.88. The average molecular weight is 457 g/mol. The molecule has 0 saturated carbocycles. The molecule has 1 N–H and O–H groups in total. The van der Waals surface area contributed by atoms with Gasteiger partial charge < -0.3 is 19.7 Å². The van der Waals surface area contributed by atoms with Crippen LogP contribution in [0.25, 0.3) is 0 Å². The molecule has 172 valence electrons. The minimum atomic E-state index is -0.773. The average Bonchev–Trinajstić information content (AvgIpc) is 3.29. The standard InChI is InChI=1S/C26H23N3O5/c30-23(17-33-19-7-3-1-4-8-19)28-16-15-22-24(28)25(31)29(26(32)27-22)18-11-13-21(14-12-18)34-20-9-5-2-6-10-20/h1-14,22,24H,15-17H2,(H,27,32)/t22-,24+/m1/s1. The van der Waals surface area contributed by atoms with Gasteiger partial charge in [-0.05, 0) is 55.0 Å². The Balaban J connectivity index is 1.29. The summed E-state index contributed by atoms with van der Waals surface area (Å²) in [6.45, 7) is 0.190. The zero-order chi connectivity index (χ0) is 23.5. The maximum atomic E-state index is 13.4. The van der Waals surface area contributed by atoms with E-state index in [1.54, 1.807) is 36.4 Å². The largest absolute Gasteiger partial charge is 0.484 e. The van der Waals surface area contributed by atoms with Crippen molar-refractivity contribution in [2.75, 3.05) is 18.1 Å². The Kier molecular flexibility index (Phi) is 5.86. The number of rotatable bonds is 6. The fourth-order valence-electron chi connectivity index (χ4n) is 4.26. The number of urea groups is 1. The van der Waals surface area contributed by atoms with E-state index in [2.05, 4.69) is 5.32 Å². The van der Waals surface area contributed by atoms with Crippen LogP contribution in [-0.4, -0.2) is 48.0 Å². The van der Waals surface area contributed by atoms with Gasteiger partial charge in [-0.15, -0.1) is 0 Å². The predicted octanol–water partition coefficient (Wildman–Crippen LogP) is 3.58. The molecule has 2 heterocycles. The molecule has 5 rings (SSSR count). The van der Waals surface area contributed by atoms with Gasteiger partial charge in [0.25, 0.3) is 11.8 Å². The molecular weight excluding hydrogens is 434 g/mol. The van der Waals surface area contributed by atoms with Crippen LogP contribution in [0.4, 0.5) is 10.5 Å². The van der Waals surface area contributed by atoms with Crippen LogP contribution in [-0.2, 0) is 9.59 Å². The van der Waals surface area contributed by atoms with E-state index in [1.807, 2.05) is 48.5 Å². The van der Waals surface area contributed by atoms with Crippen molar-refractivity contribution < 1.29 is 23.9 Å². The first-order valence-corrected chi connectivity index (χ1v) is 11.0. The van der Waals surface area contributed by atoms with Crippen LogP contribution in [0.15, 0.2) is 84.9 Å². The molecule has 4 amide bonds. The number of anilines is 1. The highest BCUT2D eigenvalue weighted by atomic mass is 16.5. The summed E-state index contributed by atoms with van der Waals surface area (Å²) in [4.78, 5) is 41.6. The third-order valence-electron chi connectivity index (χ3n) is 5.88. The molecule has 34 heavy (non-hydrogen) atoms. The van der Waals surface area contributed by atoms with E-state index in [0.717, 1.165) is 4.90 Å². The number of ether oxygens (including phenoxy) is 2. The summed E-state index contributed by atoms with van der Waals surface area (Å²) in [5.41, 5.74) is 0.404. The number of nitrogens with zero attached hydrogens (tertiary/aromatic N) is 2. The van der Waals surface area contributed by atoms with Gasteiger partial charge >= 0.3 is 6.03 Å². The third kappa shape index (κ3) is 4.30. The number of nitrogens with one attached hydrogen (secondary N) is 1. The number of carbonyl (C=O) groups excluding carboxylic acids is 3. The molecule has 2 atom stereocenters. The van der Waals surface area contributed by atoms with Crippen LogP contribution in [0.3, 0.4) is 0 Å². The van der Waals surface area contributed by atoms with Gasteiger partial charge in [0.2, 0.25) is 0 Å². The number of hydrogen-bond donors (Lipinski definition) is 1. The van der Waals surface area contributed by atoms with Crippen molar-refractivity contribution in [2.45, 2.75) is 18.5 Å². The van der Waals surface area contributed by atoms with Gasteiger partial charge in [-0.3, -0.25) is 9.59 Å². The van der Waals surface area contributed by atoms with Crippen LogP contribution < -0.4 is 19.7 Å². The van der Waals surface area contributed by atoms with Gasteiger partial charge in [-0.1, -0.05) is 36.4 Å². The fraction of sp³-hybridized carbons (Fsp3) is 0.192. The lowest BCUT2D eigenvalue weighted by atomic mass is 10.0. The van der Waals surface area contributed by atoms with E-state index in [-0.39, 0.29) is 12.5 Å². The Morgan fingerprint density at radius 2 is 1.47 bits per heavy atom. The fourth-order valence-corrected chi connectivity index (χ4v) is 4.26. The number of para-hydroxylation sites is 2. The molecule has 2 fully saturated rings. The van der Waals surface area contributed by atoms with E-state index in [9.17, 15) is 14.4 Å². The number of imide groups is 1. The molecule has 3 aromatic carbocycles. The number of likely N-dealkylation sites (tertiary alicyclic amines) is 1. The van der Waals surface area contributed by atoms with Crippen molar-refractivity contribution in [2.24, 2.45) is 0 Å². The maximum absolute atomic E-state index is 13.4. The van der Waals surface area contributed by atoms with E-state index >= 15 is 0 Å². The topological polar surface area (TPSA) is 88.2 Å². The van der Waals surface area contributed by atoms with Crippen molar-refractivity contribution in [3.63, 3.8) is 0 Å². The summed E-state index contributed by atoms with van der Waals surface area (Å²) in [5.74, 6) is 1.11. The first-order valence-electron chi connectivity index (χ1n) is 11.0. The molecule has 0 bridgehead atoms. The first-order chi connectivity index (χ1) is 16.6. The molecule has 8 heteroatoms. The normalized spacial score (nSPS) is 19.4. The smallest absolute Gasteiger partial charge is 0.329 e. The zero-order valence-corrected chi connectivity index (χ0v) is 18.3. The molecule has 0 aromatic heterocycles. The maximum Gasteiger partial charge on any atom is 0.329 e. The summed E-state index contributed by atoms with van der Waals surface area (Å²) in [7, 11) is 0. The Morgan fingerprint density at radius 3 is 2.15 bits per heavy atom. The molecule has 2 aliphatic heterocycles. The van der Waals surface area contributed by atoms with E-state index < -0.39 is 24.0 Å². The van der Waals surface area contributed by atoms with Crippen LogP contribution >= 0.6 is 0 Å². The lowest BCUT2D eigenvalue weighted by Gasteiger charge is -2.36. The minimum absolute atomic E-state index is 0.181. The second kappa shape index (κ2) is 9.27.